The van der Waals surface area contributed by atoms with E-state index >= 15 is 0 Å². The first-order valence-corrected chi connectivity index (χ1v) is 25.3. The van der Waals surface area contributed by atoms with Crippen molar-refractivity contribution in [1.29, 1.82) is 0 Å². The van der Waals surface area contributed by atoms with Gasteiger partial charge in [-0.1, -0.05) is 183 Å². The van der Waals surface area contributed by atoms with Crippen molar-refractivity contribution in [3.8, 4) is 106 Å². The van der Waals surface area contributed by atoms with Crippen LogP contribution in [0.2, 0.25) is 5.02 Å². The molecule has 0 unspecified atom stereocenters. The number of methoxy groups -OCH3 is 3. The third kappa shape index (κ3) is 9.79. The average Bonchev–Trinajstić information content (AvgIpc) is 3.49. The third-order valence-corrected chi connectivity index (χ3v) is 14.4. The molecule has 0 atom stereocenters. The zero-order chi connectivity index (χ0) is 52.8. The Kier molecular flexibility index (Phi) is 13.7. The molecular weight excluding hydrogens is 957 g/mol. The van der Waals surface area contributed by atoms with Gasteiger partial charge in [-0.15, -0.1) is 0 Å². The van der Waals surface area contributed by atoms with Gasteiger partial charge in [-0.25, -0.2) is 0 Å². The number of alkyl halides is 3. The second-order valence-corrected chi connectivity index (χ2v) is 20.5. The number of halogens is 4. The predicted molar refractivity (Wildman–Crippen MR) is 305 cm³/mol. The number of benzene rings is 10. The van der Waals surface area contributed by atoms with Crippen LogP contribution in [0.5, 0.6) is 17.2 Å². The van der Waals surface area contributed by atoms with Crippen LogP contribution in [-0.4, -0.2) is 21.3 Å². The summed E-state index contributed by atoms with van der Waals surface area (Å²) in [6.07, 6.45) is -4.57. The molecule has 10 aromatic rings. The van der Waals surface area contributed by atoms with E-state index in [4.69, 9.17) is 25.8 Å². The summed E-state index contributed by atoms with van der Waals surface area (Å²) in [4.78, 5) is 0. The van der Waals surface area contributed by atoms with Gasteiger partial charge in [0.05, 0.1) is 26.9 Å². The highest BCUT2D eigenvalue weighted by molar-refractivity contribution is 6.32. The minimum atomic E-state index is -4.57. The molecule has 0 amide bonds. The van der Waals surface area contributed by atoms with Crippen molar-refractivity contribution in [2.24, 2.45) is 0 Å². The van der Waals surface area contributed by atoms with E-state index in [-0.39, 0.29) is 5.41 Å². The predicted octanol–water partition coefficient (Wildman–Crippen LogP) is 19.8. The van der Waals surface area contributed by atoms with E-state index in [0.29, 0.717) is 27.8 Å². The number of hydrogen-bond acceptors (Lipinski definition) is 3. The summed E-state index contributed by atoms with van der Waals surface area (Å²) in [7, 11) is 4.96. The van der Waals surface area contributed by atoms with Crippen LogP contribution in [0.3, 0.4) is 0 Å². The molecule has 0 saturated carbocycles. The van der Waals surface area contributed by atoms with Crippen molar-refractivity contribution >= 4 is 22.4 Å². The Morgan fingerprint density at radius 2 is 0.720 bits per heavy atom. The third-order valence-electron chi connectivity index (χ3n) is 14.2. The average molecular weight is 1010 g/mol. The number of hydrogen-bond donors (Lipinski definition) is 0. The van der Waals surface area contributed by atoms with Gasteiger partial charge in [-0.05, 0) is 173 Å². The molecule has 0 aliphatic heterocycles. The van der Waals surface area contributed by atoms with Gasteiger partial charge in [0.2, 0.25) is 0 Å². The van der Waals surface area contributed by atoms with Gasteiger partial charge < -0.3 is 14.2 Å². The topological polar surface area (TPSA) is 27.7 Å². The first-order chi connectivity index (χ1) is 36.1. The van der Waals surface area contributed by atoms with Gasteiger partial charge >= 0.3 is 6.18 Å². The van der Waals surface area contributed by atoms with E-state index in [0.717, 1.165) is 111 Å². The van der Waals surface area contributed by atoms with Gasteiger partial charge in [0.15, 0.2) is 0 Å². The maximum absolute atomic E-state index is 14.7. The quantitative estimate of drug-likeness (QED) is 0.129. The molecule has 0 spiro atoms. The van der Waals surface area contributed by atoms with Gasteiger partial charge in [0, 0.05) is 11.1 Å². The van der Waals surface area contributed by atoms with Gasteiger partial charge in [0.25, 0.3) is 0 Å². The molecule has 7 heteroatoms. The highest BCUT2D eigenvalue weighted by Gasteiger charge is 2.35. The highest BCUT2D eigenvalue weighted by atomic mass is 35.5. The Hall–Kier alpha value is -8.06. The molecule has 0 N–H and O–H groups in total. The largest absolute Gasteiger partial charge is 0.497 e. The Balaban J connectivity index is 1.64. The fraction of sp³-hybridized carbons (Fsp3) is 0.147. The number of ether oxygens (including phenoxy) is 3. The van der Waals surface area contributed by atoms with Crippen LogP contribution >= 0.6 is 11.6 Å². The molecular formula is C68H56ClF3O3. The molecule has 374 valence electrons. The highest BCUT2D eigenvalue weighted by Crippen LogP contribution is 2.60. The van der Waals surface area contributed by atoms with Crippen molar-refractivity contribution in [2.75, 3.05) is 21.3 Å². The lowest BCUT2D eigenvalue weighted by atomic mass is 9.71. The van der Waals surface area contributed by atoms with Gasteiger partial charge in [-0.2, -0.15) is 13.2 Å². The maximum atomic E-state index is 14.7. The minimum absolute atomic E-state index is 0.156. The van der Waals surface area contributed by atoms with Gasteiger partial charge in [-0.3, -0.25) is 0 Å². The smallest absolute Gasteiger partial charge is 0.416 e. The van der Waals surface area contributed by atoms with E-state index in [1.807, 2.05) is 60.7 Å². The Labute approximate surface area is 442 Å². The normalized spacial score (nSPS) is 11.7. The molecule has 75 heavy (non-hydrogen) atoms. The summed E-state index contributed by atoms with van der Waals surface area (Å²) in [5, 5.41) is 2.29. The number of aryl methyl sites for hydroxylation is 2. The SMILES string of the molecule is COc1ccc(-c2c(-c3ccccc3)c(-c3ccc(C(F)(F)F)cc3)c3c(-c4ccc(Cl)cc4)c(-c4ccc(C)cc4)c(-c4cc(OC)cc(OC)c4)c(-c4cccc(C)c4)c3c2-c2ccc(C(C)(C)C)cc2)cc1. The molecule has 0 aliphatic carbocycles. The van der Waals surface area contributed by atoms with E-state index < -0.39 is 11.7 Å². The van der Waals surface area contributed by atoms with Crippen LogP contribution in [0.1, 0.15) is 43.0 Å². The number of rotatable bonds is 11. The van der Waals surface area contributed by atoms with Crippen LogP contribution in [0.25, 0.3) is 99.8 Å². The lowest BCUT2D eigenvalue weighted by Crippen LogP contribution is -2.10. The molecule has 0 bridgehead atoms. The summed E-state index contributed by atoms with van der Waals surface area (Å²) in [6.45, 7) is 10.8. The lowest BCUT2D eigenvalue weighted by molar-refractivity contribution is -0.137. The molecule has 3 nitrogen and oxygen atoms in total. The molecule has 10 rings (SSSR count). The Morgan fingerprint density at radius 3 is 1.17 bits per heavy atom. The van der Waals surface area contributed by atoms with Crippen LogP contribution in [-0.2, 0) is 11.6 Å². The maximum Gasteiger partial charge on any atom is 0.416 e. The van der Waals surface area contributed by atoms with Crippen molar-refractivity contribution in [3.63, 3.8) is 0 Å². The fourth-order valence-corrected chi connectivity index (χ4v) is 10.6. The second kappa shape index (κ2) is 20.3. The Bertz CT molecular complexity index is 3680. The molecule has 0 radical (unpaired) electrons. The van der Waals surface area contributed by atoms with E-state index in [1.54, 1.807) is 33.5 Å². The summed E-state index contributed by atoms with van der Waals surface area (Å²) in [5.41, 5.74) is 16.3. The summed E-state index contributed by atoms with van der Waals surface area (Å²) in [5.74, 6) is 1.89. The monoisotopic (exact) mass is 1010 g/mol. The van der Waals surface area contributed by atoms with E-state index in [1.165, 1.54) is 12.1 Å². The van der Waals surface area contributed by atoms with Crippen molar-refractivity contribution in [3.05, 3.63) is 221 Å². The van der Waals surface area contributed by atoms with Crippen molar-refractivity contribution < 1.29 is 27.4 Å². The molecule has 0 saturated heterocycles. The number of fused-ring (bicyclic) bond motifs is 1. The molecule has 0 aliphatic rings. The summed E-state index contributed by atoms with van der Waals surface area (Å²) in [6, 6.07) is 63.8. The first-order valence-electron chi connectivity index (χ1n) is 24.9. The molecule has 0 aromatic heterocycles. The fourth-order valence-electron chi connectivity index (χ4n) is 10.5. The van der Waals surface area contributed by atoms with Crippen LogP contribution in [0.4, 0.5) is 13.2 Å². The van der Waals surface area contributed by atoms with Crippen molar-refractivity contribution in [1.82, 2.24) is 0 Å². The Morgan fingerprint density at radius 1 is 0.333 bits per heavy atom. The zero-order valence-corrected chi connectivity index (χ0v) is 44.0. The van der Waals surface area contributed by atoms with E-state index in [2.05, 4.69) is 144 Å². The first kappa shape index (κ1) is 50.5. The summed E-state index contributed by atoms with van der Waals surface area (Å²) >= 11 is 6.82. The summed E-state index contributed by atoms with van der Waals surface area (Å²) < 4.78 is 62.2. The lowest BCUT2D eigenvalue weighted by Gasteiger charge is -2.31. The van der Waals surface area contributed by atoms with Gasteiger partial charge in [0.1, 0.15) is 17.2 Å². The standard InChI is InChI=1S/C68H56ClF3O3/c1-41-17-19-44(20-18-41)59-62(47-25-33-53(69)34-26-47)65-60(46-23-31-52(32-24-46)68(70,71)72)57(43-14-10-9-11-15-43)58(48-27-35-54(73-6)36-28-48)61(45-21-29-51(30-22-45)67(3,4)5)66(65)63(49-16-12-13-42(2)37-49)64(59)50-38-55(74-7)40-56(39-50)75-8/h9-40H,1-8H3. The van der Waals surface area contributed by atoms with Crippen LogP contribution in [0, 0.1) is 13.8 Å². The van der Waals surface area contributed by atoms with Crippen LogP contribution < -0.4 is 14.2 Å². The molecule has 10 aromatic carbocycles. The molecule has 0 heterocycles. The van der Waals surface area contributed by atoms with Crippen molar-refractivity contribution in [2.45, 2.75) is 46.2 Å². The second-order valence-electron chi connectivity index (χ2n) is 20.1. The molecule has 0 fully saturated rings. The van der Waals surface area contributed by atoms with Crippen LogP contribution in [0.15, 0.2) is 194 Å². The van der Waals surface area contributed by atoms with E-state index in [9.17, 15) is 13.2 Å². The minimum Gasteiger partial charge on any atom is -0.497 e. The zero-order valence-electron chi connectivity index (χ0n) is 43.2.